The van der Waals surface area contributed by atoms with Crippen LogP contribution < -0.4 is 10.1 Å². The number of benzene rings is 2. The molecule has 1 unspecified atom stereocenters. The molecule has 1 fully saturated rings. The van der Waals surface area contributed by atoms with Gasteiger partial charge in [-0.1, -0.05) is 61.7 Å². The number of hydrogen-bond donors (Lipinski definition) is 3. The lowest BCUT2D eigenvalue weighted by Crippen LogP contribution is -2.26. The van der Waals surface area contributed by atoms with Crippen molar-refractivity contribution in [2.45, 2.75) is 83.1 Å². The maximum absolute atomic E-state index is 11.2. The first kappa shape index (κ1) is 29.4. The molecule has 0 radical (unpaired) electrons. The summed E-state index contributed by atoms with van der Waals surface area (Å²) in [5.41, 5.74) is 2.38. The lowest BCUT2D eigenvalue weighted by atomic mass is 9.92. The van der Waals surface area contributed by atoms with Crippen LogP contribution in [0.25, 0.3) is 6.08 Å². The first-order chi connectivity index (χ1) is 18.5. The Morgan fingerprint density at radius 2 is 1.71 bits per heavy atom. The molecule has 3 N–H and O–H groups in total. The highest BCUT2D eigenvalue weighted by molar-refractivity contribution is 5.87. The fourth-order valence-electron chi connectivity index (χ4n) is 5.05. The number of ether oxygens (including phenoxy) is 1. The maximum Gasteiger partial charge on any atom is 0.335 e. The number of carboxylic acids is 2. The molecule has 6 heteroatoms. The van der Waals surface area contributed by atoms with E-state index in [9.17, 15) is 9.59 Å². The van der Waals surface area contributed by atoms with Gasteiger partial charge in [-0.15, -0.1) is 0 Å². The van der Waals surface area contributed by atoms with Crippen LogP contribution in [-0.2, 0) is 11.2 Å². The van der Waals surface area contributed by atoms with Gasteiger partial charge in [0.25, 0.3) is 0 Å². The summed E-state index contributed by atoms with van der Waals surface area (Å²) in [5, 5.41) is 21.8. The van der Waals surface area contributed by atoms with E-state index in [1.54, 1.807) is 12.1 Å². The molecule has 1 aliphatic rings. The number of carbonyl (C=O) groups is 2. The summed E-state index contributed by atoms with van der Waals surface area (Å²) in [4.78, 5) is 22.1. The van der Waals surface area contributed by atoms with E-state index in [1.807, 2.05) is 30.3 Å². The smallest absolute Gasteiger partial charge is 0.335 e. The molecule has 1 aliphatic carbocycles. The summed E-state index contributed by atoms with van der Waals surface area (Å²) in [6.45, 7) is 1.79. The minimum absolute atomic E-state index is 0.178. The van der Waals surface area contributed by atoms with Gasteiger partial charge in [-0.2, -0.15) is 0 Å². The van der Waals surface area contributed by atoms with Gasteiger partial charge in [0, 0.05) is 18.0 Å². The fourth-order valence-corrected chi connectivity index (χ4v) is 5.05. The van der Waals surface area contributed by atoms with Crippen molar-refractivity contribution in [3.63, 3.8) is 0 Å². The molecular weight excluding hydrogens is 478 g/mol. The lowest BCUT2D eigenvalue weighted by molar-refractivity contribution is -0.137. The summed E-state index contributed by atoms with van der Waals surface area (Å²) in [7, 11) is 0. The number of nitrogens with one attached hydrogen (secondary N) is 1. The van der Waals surface area contributed by atoms with Crippen LogP contribution >= 0.6 is 0 Å². The monoisotopic (exact) mass is 521 g/mol. The van der Waals surface area contributed by atoms with Crippen LogP contribution in [0.4, 0.5) is 0 Å². The van der Waals surface area contributed by atoms with Crippen molar-refractivity contribution >= 4 is 18.0 Å². The van der Waals surface area contributed by atoms with Crippen LogP contribution in [0, 0.1) is 5.92 Å². The van der Waals surface area contributed by atoms with Crippen LogP contribution in [0.15, 0.2) is 54.6 Å². The van der Waals surface area contributed by atoms with Gasteiger partial charge < -0.3 is 20.3 Å². The second kappa shape index (κ2) is 16.7. The molecule has 6 nitrogen and oxygen atoms in total. The zero-order valence-electron chi connectivity index (χ0n) is 22.4. The predicted octanol–water partition coefficient (Wildman–Crippen LogP) is 6.98. The summed E-state index contributed by atoms with van der Waals surface area (Å²) in [6.07, 6.45) is 16.3. The predicted molar refractivity (Wildman–Crippen MR) is 152 cm³/mol. The number of unbranched alkanes of at least 4 members (excludes halogenated alkanes) is 3. The molecule has 2 aromatic carbocycles. The van der Waals surface area contributed by atoms with Gasteiger partial charge in [-0.05, 0) is 87.6 Å². The third-order valence-electron chi connectivity index (χ3n) is 7.25. The number of para-hydroxylation sites is 1. The van der Waals surface area contributed by atoms with Crippen molar-refractivity contribution in [1.29, 1.82) is 0 Å². The molecular formula is C32H43NO5. The summed E-state index contributed by atoms with van der Waals surface area (Å²) < 4.78 is 6.14. The molecule has 0 heterocycles. The fraction of sp³-hybridized carbons (Fsp3) is 0.500. The van der Waals surface area contributed by atoms with Gasteiger partial charge in [0.1, 0.15) is 5.75 Å². The Balaban J connectivity index is 1.51. The van der Waals surface area contributed by atoms with Crippen molar-refractivity contribution in [2.24, 2.45) is 5.92 Å². The van der Waals surface area contributed by atoms with E-state index in [4.69, 9.17) is 14.9 Å². The Bertz CT molecular complexity index is 1010. The highest BCUT2D eigenvalue weighted by Crippen LogP contribution is 2.24. The normalized spacial score (nSPS) is 14.6. The van der Waals surface area contributed by atoms with Gasteiger partial charge in [0.2, 0.25) is 0 Å². The van der Waals surface area contributed by atoms with Crippen molar-refractivity contribution in [3.05, 3.63) is 71.3 Å². The van der Waals surface area contributed by atoms with Gasteiger partial charge in [-0.25, -0.2) is 4.79 Å². The molecule has 0 amide bonds. The number of aromatic carboxylic acids is 1. The average molecular weight is 522 g/mol. The van der Waals surface area contributed by atoms with Gasteiger partial charge in [0.15, 0.2) is 0 Å². The van der Waals surface area contributed by atoms with Crippen LogP contribution in [0.5, 0.6) is 5.75 Å². The van der Waals surface area contributed by atoms with E-state index in [2.05, 4.69) is 23.5 Å². The van der Waals surface area contributed by atoms with E-state index in [1.165, 1.54) is 32.1 Å². The van der Waals surface area contributed by atoms with E-state index in [-0.39, 0.29) is 17.9 Å². The molecule has 1 saturated carbocycles. The van der Waals surface area contributed by atoms with Gasteiger partial charge >= 0.3 is 11.9 Å². The molecule has 0 spiro atoms. The SMILES string of the molecule is O=C(O)CCCCC(/C=C/c1ccccc1OCCCCCNC1CCCC1)Cc1ccc(C(=O)O)cc1. The second-order valence-corrected chi connectivity index (χ2v) is 10.3. The molecule has 0 aliphatic heterocycles. The van der Waals surface area contributed by atoms with E-state index in [0.29, 0.717) is 13.0 Å². The van der Waals surface area contributed by atoms with E-state index in [0.717, 1.165) is 61.6 Å². The molecule has 3 rings (SSSR count). The van der Waals surface area contributed by atoms with Crippen molar-refractivity contribution < 1.29 is 24.5 Å². The van der Waals surface area contributed by atoms with Crippen LogP contribution in [-0.4, -0.2) is 41.3 Å². The third kappa shape index (κ3) is 11.1. The first-order valence-electron chi connectivity index (χ1n) is 14.2. The van der Waals surface area contributed by atoms with Crippen LogP contribution in [0.2, 0.25) is 0 Å². The molecule has 38 heavy (non-hydrogen) atoms. The molecule has 1 atom stereocenters. The maximum atomic E-state index is 11.2. The zero-order valence-corrected chi connectivity index (χ0v) is 22.4. The molecule has 0 bridgehead atoms. The summed E-state index contributed by atoms with van der Waals surface area (Å²) in [6, 6.07) is 15.8. The number of hydrogen-bond acceptors (Lipinski definition) is 4. The number of aliphatic carboxylic acids is 1. The van der Waals surface area contributed by atoms with Crippen LogP contribution in [0.3, 0.4) is 0 Å². The Hall–Kier alpha value is -3.12. The summed E-state index contributed by atoms with van der Waals surface area (Å²) in [5.74, 6) is -0.611. The highest BCUT2D eigenvalue weighted by atomic mass is 16.5. The van der Waals surface area contributed by atoms with Crippen molar-refractivity contribution in [3.8, 4) is 5.75 Å². The second-order valence-electron chi connectivity index (χ2n) is 10.3. The largest absolute Gasteiger partial charge is 0.493 e. The minimum Gasteiger partial charge on any atom is -0.493 e. The average Bonchev–Trinajstić information content (AvgIpc) is 3.43. The van der Waals surface area contributed by atoms with Gasteiger partial charge in [0.05, 0.1) is 12.2 Å². The van der Waals surface area contributed by atoms with Crippen LogP contribution in [0.1, 0.15) is 92.1 Å². The Labute approximate surface area is 227 Å². The standard InChI is InChI=1S/C32H43NO5/c34-31(35)15-7-2-10-25(24-26-17-20-28(21-18-26)32(36)37)16-19-27-11-3-6-14-30(27)38-23-9-1-8-22-33-29-12-4-5-13-29/h3,6,11,14,16-21,25,29,33H,1-2,4-5,7-10,12-13,15,22-24H2,(H,34,35)(H,36,37)/b19-16+. The Morgan fingerprint density at radius 3 is 2.45 bits per heavy atom. The van der Waals surface area contributed by atoms with E-state index < -0.39 is 11.9 Å². The van der Waals surface area contributed by atoms with Gasteiger partial charge in [-0.3, -0.25) is 4.79 Å². The molecule has 206 valence electrons. The highest BCUT2D eigenvalue weighted by Gasteiger charge is 2.13. The lowest BCUT2D eigenvalue weighted by Gasteiger charge is -2.14. The Kier molecular flexibility index (Phi) is 12.9. The van der Waals surface area contributed by atoms with Crippen molar-refractivity contribution in [1.82, 2.24) is 5.32 Å². The number of carboxylic acid groups (broad SMARTS) is 2. The quantitative estimate of drug-likeness (QED) is 0.183. The van der Waals surface area contributed by atoms with E-state index >= 15 is 0 Å². The number of allylic oxidation sites excluding steroid dienone is 1. The molecule has 0 aromatic heterocycles. The number of rotatable bonds is 18. The Morgan fingerprint density at radius 1 is 0.947 bits per heavy atom. The minimum atomic E-state index is -0.931. The first-order valence-corrected chi connectivity index (χ1v) is 14.2. The molecule has 2 aromatic rings. The molecule has 0 saturated heterocycles. The third-order valence-corrected chi connectivity index (χ3v) is 7.25. The van der Waals surface area contributed by atoms with Crippen molar-refractivity contribution in [2.75, 3.05) is 13.2 Å². The topological polar surface area (TPSA) is 95.9 Å². The zero-order chi connectivity index (χ0) is 27.0. The summed E-state index contributed by atoms with van der Waals surface area (Å²) >= 11 is 0.